The van der Waals surface area contributed by atoms with Crippen LogP contribution in [-0.2, 0) is 14.8 Å². The number of sulfonamides is 1. The van der Waals surface area contributed by atoms with E-state index in [-0.39, 0.29) is 10.9 Å². The van der Waals surface area contributed by atoms with Gasteiger partial charge in [-0.15, -0.1) is 0 Å². The molecule has 0 aliphatic carbocycles. The molecule has 0 fully saturated rings. The van der Waals surface area contributed by atoms with Gasteiger partial charge < -0.3 is 5.11 Å². The molecule has 1 N–H and O–H groups in total. The number of carboxylic acids is 1. The smallest absolute Gasteiger partial charge is 0.320 e. The van der Waals surface area contributed by atoms with Crippen LogP contribution < -0.4 is 0 Å². The summed E-state index contributed by atoms with van der Waals surface area (Å²) < 4.78 is 25.1. The molecule has 0 aliphatic rings. The molecule has 0 aliphatic heterocycles. The first-order chi connectivity index (χ1) is 9.59. The van der Waals surface area contributed by atoms with E-state index in [1.807, 2.05) is 6.92 Å². The molecule has 2 atom stereocenters. The molecule has 0 aromatic heterocycles. The van der Waals surface area contributed by atoms with Crippen LogP contribution in [0.4, 0.5) is 0 Å². The summed E-state index contributed by atoms with van der Waals surface area (Å²) in [5.74, 6) is -0.892. The summed E-state index contributed by atoms with van der Waals surface area (Å²) in [5, 5.41) is 9.03. The predicted molar refractivity (Wildman–Crippen MR) is 80.6 cm³/mol. The minimum Gasteiger partial charge on any atom is -0.480 e. The molecule has 21 heavy (non-hydrogen) atoms. The minimum absolute atomic E-state index is 0.132. The van der Waals surface area contributed by atoms with Crippen LogP contribution in [-0.4, -0.2) is 55.9 Å². The first kappa shape index (κ1) is 17.6. The van der Waals surface area contributed by atoms with Crippen molar-refractivity contribution >= 4 is 16.0 Å². The first-order valence-corrected chi connectivity index (χ1v) is 8.00. The predicted octanol–water partition coefficient (Wildman–Crippen LogP) is 1.40. The number of benzene rings is 1. The third-order valence-corrected chi connectivity index (χ3v) is 5.55. The van der Waals surface area contributed by atoms with Gasteiger partial charge in [0.15, 0.2) is 0 Å². The van der Waals surface area contributed by atoms with Crippen molar-refractivity contribution < 1.29 is 18.3 Å². The Balaban J connectivity index is 3.00. The molecular formula is C14H22N2O4S. The maximum absolute atomic E-state index is 12.0. The molecule has 118 valence electrons. The average Bonchev–Trinajstić information content (AvgIpc) is 2.44. The molecule has 0 radical (unpaired) electrons. The fraction of sp³-hybridized carbons (Fsp3) is 0.500. The van der Waals surface area contributed by atoms with Crippen LogP contribution in [0.15, 0.2) is 29.2 Å². The number of carboxylic acid groups (broad SMARTS) is 1. The molecule has 2 unspecified atom stereocenters. The summed E-state index contributed by atoms with van der Waals surface area (Å²) >= 11 is 0. The summed E-state index contributed by atoms with van der Waals surface area (Å²) in [6.07, 6.45) is 0. The third kappa shape index (κ3) is 3.81. The van der Waals surface area contributed by atoms with E-state index in [0.29, 0.717) is 0 Å². The fourth-order valence-electron chi connectivity index (χ4n) is 1.87. The second kappa shape index (κ2) is 6.55. The zero-order valence-electron chi connectivity index (χ0n) is 12.9. The van der Waals surface area contributed by atoms with Crippen LogP contribution in [0, 0.1) is 0 Å². The molecule has 0 amide bonds. The molecule has 0 spiro atoms. The van der Waals surface area contributed by atoms with Crippen LogP contribution >= 0.6 is 0 Å². The first-order valence-electron chi connectivity index (χ1n) is 6.56. The van der Waals surface area contributed by atoms with E-state index >= 15 is 0 Å². The van der Waals surface area contributed by atoms with Crippen LogP contribution in [0.3, 0.4) is 0 Å². The Hall–Kier alpha value is -1.44. The second-order valence-corrected chi connectivity index (χ2v) is 7.36. The molecule has 0 heterocycles. The van der Waals surface area contributed by atoms with Gasteiger partial charge in [0.2, 0.25) is 10.0 Å². The number of hydrogen-bond acceptors (Lipinski definition) is 4. The van der Waals surface area contributed by atoms with Crippen LogP contribution in [0.2, 0.25) is 0 Å². The van der Waals surface area contributed by atoms with Crippen molar-refractivity contribution in [3.8, 4) is 0 Å². The van der Waals surface area contributed by atoms with Crippen molar-refractivity contribution in [2.75, 3.05) is 21.1 Å². The number of likely N-dealkylation sites (N-methyl/N-ethyl adjacent to an activating group) is 1. The third-order valence-electron chi connectivity index (χ3n) is 3.72. The molecule has 0 bridgehead atoms. The molecule has 1 rings (SSSR count). The summed E-state index contributed by atoms with van der Waals surface area (Å²) in [6.45, 7) is 3.50. The largest absolute Gasteiger partial charge is 0.480 e. The highest BCUT2D eigenvalue weighted by molar-refractivity contribution is 7.89. The molecule has 6 nitrogen and oxygen atoms in total. The zero-order valence-corrected chi connectivity index (χ0v) is 13.8. The summed E-state index contributed by atoms with van der Waals surface area (Å²) in [5.41, 5.74) is 0.864. The minimum atomic E-state index is -3.44. The van der Waals surface area contributed by atoms with E-state index in [1.165, 1.54) is 14.1 Å². The number of carbonyl (C=O) groups is 1. The van der Waals surface area contributed by atoms with Crippen LogP contribution in [0.25, 0.3) is 0 Å². The van der Waals surface area contributed by atoms with Gasteiger partial charge in [0.25, 0.3) is 0 Å². The lowest BCUT2D eigenvalue weighted by Crippen LogP contribution is -2.37. The Morgan fingerprint density at radius 2 is 1.57 bits per heavy atom. The monoisotopic (exact) mass is 314 g/mol. The Morgan fingerprint density at radius 3 is 1.95 bits per heavy atom. The second-order valence-electron chi connectivity index (χ2n) is 5.21. The van der Waals surface area contributed by atoms with Crippen molar-refractivity contribution in [3.05, 3.63) is 29.8 Å². The van der Waals surface area contributed by atoms with Crippen molar-refractivity contribution in [3.63, 3.8) is 0 Å². The van der Waals surface area contributed by atoms with Crippen molar-refractivity contribution in [1.82, 2.24) is 9.21 Å². The lowest BCUT2D eigenvalue weighted by molar-refractivity contribution is -0.142. The Bertz CT molecular complexity index is 596. The highest BCUT2D eigenvalue weighted by atomic mass is 32.2. The van der Waals surface area contributed by atoms with Crippen molar-refractivity contribution in [1.29, 1.82) is 0 Å². The van der Waals surface area contributed by atoms with Gasteiger partial charge in [-0.3, -0.25) is 9.69 Å². The molecule has 1 aromatic carbocycles. The molecule has 0 saturated carbocycles. The maximum atomic E-state index is 12.0. The van der Waals surface area contributed by atoms with Gasteiger partial charge in [-0.25, -0.2) is 12.7 Å². The quantitative estimate of drug-likeness (QED) is 0.859. The standard InChI is InChI=1S/C14H22N2O4S/c1-10(16(5)11(2)14(17)18)12-6-8-13(9-7-12)21(19,20)15(3)4/h6-11H,1-5H3,(H,17,18). The van der Waals surface area contributed by atoms with Gasteiger partial charge in [-0.2, -0.15) is 0 Å². The highest BCUT2D eigenvalue weighted by Gasteiger charge is 2.23. The SMILES string of the molecule is CC(C(=O)O)N(C)C(C)c1ccc(S(=O)(=O)N(C)C)cc1. The van der Waals surface area contributed by atoms with Gasteiger partial charge >= 0.3 is 5.97 Å². The van der Waals surface area contributed by atoms with Gasteiger partial charge in [0, 0.05) is 20.1 Å². The van der Waals surface area contributed by atoms with E-state index in [0.717, 1.165) is 9.87 Å². The van der Waals surface area contributed by atoms with Gasteiger partial charge in [0.1, 0.15) is 6.04 Å². The fourth-order valence-corrected chi connectivity index (χ4v) is 2.78. The molecule has 0 saturated heterocycles. The lowest BCUT2D eigenvalue weighted by Gasteiger charge is -2.28. The summed E-state index contributed by atoms with van der Waals surface area (Å²) in [6, 6.07) is 5.76. The number of aliphatic carboxylic acids is 1. The number of rotatable bonds is 6. The van der Waals surface area contributed by atoms with Crippen LogP contribution in [0.1, 0.15) is 25.5 Å². The van der Waals surface area contributed by atoms with Crippen LogP contribution in [0.5, 0.6) is 0 Å². The Morgan fingerprint density at radius 1 is 1.10 bits per heavy atom. The maximum Gasteiger partial charge on any atom is 0.320 e. The van der Waals surface area contributed by atoms with E-state index in [2.05, 4.69) is 0 Å². The average molecular weight is 314 g/mol. The highest BCUT2D eigenvalue weighted by Crippen LogP contribution is 2.23. The van der Waals surface area contributed by atoms with Gasteiger partial charge in [-0.05, 0) is 38.6 Å². The van der Waals surface area contributed by atoms with E-state index in [9.17, 15) is 13.2 Å². The zero-order chi connectivity index (χ0) is 16.4. The van der Waals surface area contributed by atoms with E-state index < -0.39 is 22.0 Å². The Labute approximate surface area is 126 Å². The lowest BCUT2D eigenvalue weighted by atomic mass is 10.1. The van der Waals surface area contributed by atoms with Gasteiger partial charge in [-0.1, -0.05) is 12.1 Å². The topological polar surface area (TPSA) is 77.9 Å². The summed E-state index contributed by atoms with van der Waals surface area (Å²) in [4.78, 5) is 13.0. The Kier molecular flexibility index (Phi) is 5.49. The van der Waals surface area contributed by atoms with Crippen molar-refractivity contribution in [2.24, 2.45) is 0 Å². The summed E-state index contributed by atoms with van der Waals surface area (Å²) in [7, 11) is 1.25. The molecule has 7 heteroatoms. The van der Waals surface area contributed by atoms with E-state index in [4.69, 9.17) is 5.11 Å². The van der Waals surface area contributed by atoms with Crippen molar-refractivity contribution in [2.45, 2.75) is 30.8 Å². The van der Waals surface area contributed by atoms with Gasteiger partial charge in [0.05, 0.1) is 4.90 Å². The molecule has 1 aromatic rings. The number of hydrogen-bond donors (Lipinski definition) is 1. The normalized spacial score (nSPS) is 15.2. The molecular weight excluding hydrogens is 292 g/mol. The number of nitrogens with zero attached hydrogens (tertiary/aromatic N) is 2. The van der Waals surface area contributed by atoms with E-state index in [1.54, 1.807) is 43.1 Å².